The Morgan fingerprint density at radius 2 is 2.20 bits per heavy atom. The van der Waals surface area contributed by atoms with Crippen LogP contribution in [0.5, 0.6) is 0 Å². The van der Waals surface area contributed by atoms with Crippen LogP contribution < -0.4 is 5.73 Å². The zero-order chi connectivity index (χ0) is 10.4. The number of halogens is 1. The zero-order valence-corrected chi connectivity index (χ0v) is 8.85. The van der Waals surface area contributed by atoms with Gasteiger partial charge in [0.1, 0.15) is 0 Å². The highest BCUT2D eigenvalue weighted by Gasteiger charge is 2.30. The van der Waals surface area contributed by atoms with Crippen LogP contribution in [0, 0.1) is 0 Å². The lowest BCUT2D eigenvalue weighted by molar-refractivity contribution is 0.338. The van der Waals surface area contributed by atoms with E-state index in [1.807, 2.05) is 12.1 Å². The van der Waals surface area contributed by atoms with Crippen molar-refractivity contribution in [3.8, 4) is 0 Å². The van der Waals surface area contributed by atoms with Gasteiger partial charge in [-0.05, 0) is 25.0 Å². The smallest absolute Gasteiger partial charge is 0.155 e. The van der Waals surface area contributed by atoms with Crippen LogP contribution in [0.1, 0.15) is 24.6 Å². The van der Waals surface area contributed by atoms with Crippen molar-refractivity contribution in [2.24, 2.45) is 5.73 Å². The van der Waals surface area contributed by atoms with Gasteiger partial charge in [0.05, 0.1) is 5.02 Å². The Balaban J connectivity index is 1.99. The highest BCUT2D eigenvalue weighted by Crippen LogP contribution is 2.33. The Kier molecular flexibility index (Phi) is 1.94. The van der Waals surface area contributed by atoms with Crippen molar-refractivity contribution in [2.75, 3.05) is 0 Å². The molecule has 0 atom stereocenters. The third-order valence-corrected chi connectivity index (χ3v) is 3.07. The second-order valence-electron chi connectivity index (χ2n) is 4.05. The molecular formula is C10H11ClN4. The summed E-state index contributed by atoms with van der Waals surface area (Å²) in [4.78, 5) is 4.45. The molecule has 2 N–H and O–H groups in total. The van der Waals surface area contributed by atoms with E-state index in [9.17, 15) is 0 Å². The average Bonchev–Trinajstić information content (AvgIpc) is 2.55. The van der Waals surface area contributed by atoms with Crippen LogP contribution in [0.15, 0.2) is 18.3 Å². The van der Waals surface area contributed by atoms with Crippen molar-refractivity contribution in [3.05, 3.63) is 29.2 Å². The molecule has 2 aromatic heterocycles. The minimum atomic E-state index is 0.324. The molecule has 4 nitrogen and oxygen atoms in total. The van der Waals surface area contributed by atoms with E-state index in [2.05, 4.69) is 10.1 Å². The molecule has 15 heavy (non-hydrogen) atoms. The van der Waals surface area contributed by atoms with Gasteiger partial charge in [-0.1, -0.05) is 11.6 Å². The monoisotopic (exact) mass is 222 g/mol. The number of fused-ring (bicyclic) bond motifs is 1. The van der Waals surface area contributed by atoms with Crippen LogP contribution in [0.25, 0.3) is 5.65 Å². The molecule has 1 aliphatic rings. The molecule has 2 aromatic rings. The number of nitrogens with zero attached hydrogens (tertiary/aromatic N) is 3. The van der Waals surface area contributed by atoms with E-state index in [1.54, 1.807) is 10.7 Å². The quantitative estimate of drug-likeness (QED) is 0.797. The minimum absolute atomic E-state index is 0.324. The van der Waals surface area contributed by atoms with Gasteiger partial charge in [0, 0.05) is 18.2 Å². The van der Waals surface area contributed by atoms with E-state index < -0.39 is 0 Å². The summed E-state index contributed by atoms with van der Waals surface area (Å²) in [6.45, 7) is 0. The van der Waals surface area contributed by atoms with Gasteiger partial charge in [-0.25, -0.2) is 9.50 Å². The predicted octanol–water partition coefficient (Wildman–Crippen LogP) is 1.59. The second kappa shape index (κ2) is 3.18. The van der Waals surface area contributed by atoms with Gasteiger partial charge >= 0.3 is 0 Å². The van der Waals surface area contributed by atoms with Crippen molar-refractivity contribution >= 4 is 17.2 Å². The maximum Gasteiger partial charge on any atom is 0.155 e. The van der Waals surface area contributed by atoms with Gasteiger partial charge < -0.3 is 5.73 Å². The fourth-order valence-corrected chi connectivity index (χ4v) is 2.08. The Morgan fingerprint density at radius 1 is 1.40 bits per heavy atom. The summed E-state index contributed by atoms with van der Waals surface area (Å²) in [5, 5.41) is 5.07. The molecule has 1 aliphatic carbocycles. The van der Waals surface area contributed by atoms with E-state index >= 15 is 0 Å². The first-order valence-electron chi connectivity index (χ1n) is 5.00. The van der Waals surface area contributed by atoms with Gasteiger partial charge in [-0.15, -0.1) is 0 Å². The standard InChI is InChI=1S/C10H11ClN4/c11-7-1-2-9-13-10(14-15(9)5-7)6-3-8(12)4-6/h1-2,5-6,8H,3-4,12H2. The summed E-state index contributed by atoms with van der Waals surface area (Å²) >= 11 is 5.87. The van der Waals surface area contributed by atoms with E-state index in [1.165, 1.54) is 0 Å². The van der Waals surface area contributed by atoms with Crippen LogP contribution in [-0.2, 0) is 0 Å². The third-order valence-electron chi connectivity index (χ3n) is 2.85. The summed E-state index contributed by atoms with van der Waals surface area (Å²) in [6.07, 6.45) is 3.75. The van der Waals surface area contributed by atoms with Gasteiger partial charge in [0.15, 0.2) is 11.5 Å². The highest BCUT2D eigenvalue weighted by atomic mass is 35.5. The first kappa shape index (κ1) is 9.12. The van der Waals surface area contributed by atoms with Crippen LogP contribution in [0.2, 0.25) is 5.02 Å². The molecule has 1 saturated carbocycles. The molecule has 0 radical (unpaired) electrons. The number of hydrogen-bond donors (Lipinski definition) is 1. The Morgan fingerprint density at radius 3 is 2.93 bits per heavy atom. The van der Waals surface area contributed by atoms with Gasteiger partial charge in [-0.2, -0.15) is 5.10 Å². The minimum Gasteiger partial charge on any atom is -0.328 e. The van der Waals surface area contributed by atoms with Gasteiger partial charge in [0.2, 0.25) is 0 Å². The molecular weight excluding hydrogens is 212 g/mol. The molecule has 0 bridgehead atoms. The lowest BCUT2D eigenvalue weighted by Crippen LogP contribution is -2.35. The van der Waals surface area contributed by atoms with E-state index in [4.69, 9.17) is 17.3 Å². The SMILES string of the molecule is NC1CC(c2nc3ccc(Cl)cn3n2)C1. The summed E-state index contributed by atoms with van der Waals surface area (Å²) < 4.78 is 1.72. The molecule has 3 rings (SSSR count). The van der Waals surface area contributed by atoms with Crippen LogP contribution in [0.3, 0.4) is 0 Å². The number of nitrogens with two attached hydrogens (primary N) is 1. The molecule has 5 heteroatoms. The largest absolute Gasteiger partial charge is 0.328 e. The Bertz CT molecular complexity index is 501. The predicted molar refractivity (Wildman–Crippen MR) is 57.9 cm³/mol. The zero-order valence-electron chi connectivity index (χ0n) is 8.10. The lowest BCUT2D eigenvalue weighted by atomic mass is 9.80. The topological polar surface area (TPSA) is 56.2 Å². The van der Waals surface area contributed by atoms with Crippen molar-refractivity contribution in [3.63, 3.8) is 0 Å². The second-order valence-corrected chi connectivity index (χ2v) is 4.48. The van der Waals surface area contributed by atoms with Crippen molar-refractivity contribution in [1.29, 1.82) is 0 Å². The first-order valence-corrected chi connectivity index (χ1v) is 5.37. The molecule has 0 saturated heterocycles. The molecule has 78 valence electrons. The summed E-state index contributed by atoms with van der Waals surface area (Å²) in [7, 11) is 0. The normalized spacial score (nSPS) is 25.5. The summed E-state index contributed by atoms with van der Waals surface area (Å²) in [6, 6.07) is 4.02. The number of rotatable bonds is 1. The molecule has 0 aliphatic heterocycles. The van der Waals surface area contributed by atoms with Crippen molar-refractivity contribution in [2.45, 2.75) is 24.8 Å². The maximum absolute atomic E-state index is 5.87. The van der Waals surface area contributed by atoms with Crippen LogP contribution in [0.4, 0.5) is 0 Å². The van der Waals surface area contributed by atoms with Crippen LogP contribution >= 0.6 is 11.6 Å². The maximum atomic E-state index is 5.87. The van der Waals surface area contributed by atoms with Gasteiger partial charge in [0.25, 0.3) is 0 Å². The fourth-order valence-electron chi connectivity index (χ4n) is 1.92. The Hall–Kier alpha value is -1.13. The van der Waals surface area contributed by atoms with Crippen molar-refractivity contribution < 1.29 is 0 Å². The highest BCUT2D eigenvalue weighted by molar-refractivity contribution is 6.30. The fraction of sp³-hybridized carbons (Fsp3) is 0.400. The van der Waals surface area contributed by atoms with E-state index in [0.29, 0.717) is 17.0 Å². The molecule has 0 unspecified atom stereocenters. The number of pyridine rings is 1. The lowest BCUT2D eigenvalue weighted by Gasteiger charge is -2.29. The average molecular weight is 223 g/mol. The molecule has 0 spiro atoms. The Labute approximate surface area is 92.1 Å². The first-order chi connectivity index (χ1) is 7.22. The number of aromatic nitrogens is 3. The molecule has 2 heterocycles. The third kappa shape index (κ3) is 1.50. The summed E-state index contributed by atoms with van der Waals surface area (Å²) in [5.41, 5.74) is 6.58. The van der Waals surface area contributed by atoms with Crippen LogP contribution in [-0.4, -0.2) is 20.6 Å². The summed E-state index contributed by atoms with van der Waals surface area (Å²) in [5.74, 6) is 1.32. The van der Waals surface area contributed by atoms with E-state index in [0.717, 1.165) is 24.3 Å². The molecule has 0 aromatic carbocycles. The van der Waals surface area contributed by atoms with Gasteiger partial charge in [-0.3, -0.25) is 0 Å². The molecule has 1 fully saturated rings. The van der Waals surface area contributed by atoms with E-state index in [-0.39, 0.29) is 0 Å². The van der Waals surface area contributed by atoms with Crippen molar-refractivity contribution in [1.82, 2.24) is 14.6 Å². The molecule has 0 amide bonds. The number of hydrogen-bond acceptors (Lipinski definition) is 3.